The minimum Gasteiger partial charge on any atom is -0.301 e. The van der Waals surface area contributed by atoms with E-state index >= 15 is 0 Å². The van der Waals surface area contributed by atoms with Gasteiger partial charge in [0.05, 0.1) is 0 Å². The van der Waals surface area contributed by atoms with Crippen LogP contribution in [0.5, 0.6) is 0 Å². The second-order valence-electron chi connectivity index (χ2n) is 5.20. The van der Waals surface area contributed by atoms with E-state index in [0.717, 1.165) is 12.0 Å². The van der Waals surface area contributed by atoms with Gasteiger partial charge < -0.3 is 4.57 Å². The Morgan fingerprint density at radius 2 is 1.86 bits per heavy atom. The third-order valence-electron chi connectivity index (χ3n) is 2.95. The van der Waals surface area contributed by atoms with E-state index in [1.807, 2.05) is 26.0 Å². The molecule has 0 unspecified atom stereocenters. The molecule has 2 aromatic rings. The highest BCUT2D eigenvalue weighted by atomic mass is 35.7. The van der Waals surface area contributed by atoms with Crippen molar-refractivity contribution in [3.8, 4) is 0 Å². The third-order valence-corrected chi connectivity index (χ3v) is 4.10. The fourth-order valence-corrected chi connectivity index (χ4v) is 2.96. The molecule has 6 nitrogen and oxygen atoms in total. The average molecular weight is 329 g/mol. The fraction of sp³-hybridized carbons (Fsp3) is 0.462. The summed E-state index contributed by atoms with van der Waals surface area (Å²) in [5.74, 6) is 0.887. The van der Waals surface area contributed by atoms with Crippen molar-refractivity contribution in [1.29, 1.82) is 0 Å². The van der Waals surface area contributed by atoms with E-state index in [0.29, 0.717) is 18.8 Å². The van der Waals surface area contributed by atoms with E-state index in [1.54, 1.807) is 17.0 Å². The van der Waals surface area contributed by atoms with Crippen molar-refractivity contribution < 1.29 is 8.42 Å². The Balaban J connectivity index is 2.25. The molecule has 0 fully saturated rings. The second-order valence-corrected chi connectivity index (χ2v) is 7.66. The van der Waals surface area contributed by atoms with Gasteiger partial charge in [0.15, 0.2) is 0 Å². The van der Waals surface area contributed by atoms with Gasteiger partial charge in [-0.1, -0.05) is 13.8 Å². The van der Waals surface area contributed by atoms with Crippen LogP contribution in [0.1, 0.15) is 25.2 Å². The number of rotatable bonds is 6. The minimum atomic E-state index is -3.89. The Labute approximate surface area is 128 Å². The van der Waals surface area contributed by atoms with Crippen molar-refractivity contribution in [1.82, 2.24) is 19.7 Å². The minimum absolute atomic E-state index is 0.178. The van der Waals surface area contributed by atoms with E-state index in [2.05, 4.69) is 15.2 Å². The van der Waals surface area contributed by atoms with Crippen molar-refractivity contribution in [3.63, 3.8) is 0 Å². The van der Waals surface area contributed by atoms with Gasteiger partial charge in [-0.05, 0) is 30.0 Å². The molecule has 2 aromatic heterocycles. The quantitative estimate of drug-likeness (QED) is 0.758. The highest BCUT2D eigenvalue weighted by molar-refractivity contribution is 8.13. The molecule has 21 heavy (non-hydrogen) atoms. The Hall–Kier alpha value is -1.47. The predicted molar refractivity (Wildman–Crippen MR) is 79.5 cm³/mol. The van der Waals surface area contributed by atoms with Crippen LogP contribution in [-0.4, -0.2) is 28.2 Å². The van der Waals surface area contributed by atoms with Gasteiger partial charge in [-0.25, -0.2) is 8.42 Å². The van der Waals surface area contributed by atoms with Crippen LogP contribution in [0.3, 0.4) is 0 Å². The summed E-state index contributed by atoms with van der Waals surface area (Å²) in [6, 6.07) is 3.84. The number of pyridine rings is 1. The molecule has 2 heterocycles. The van der Waals surface area contributed by atoms with Crippen LogP contribution >= 0.6 is 10.7 Å². The maximum atomic E-state index is 11.6. The molecule has 2 rings (SSSR count). The topological polar surface area (TPSA) is 77.7 Å². The fourth-order valence-electron chi connectivity index (χ4n) is 2.04. The summed E-state index contributed by atoms with van der Waals surface area (Å²) in [7, 11) is 1.53. The molecule has 0 bridgehead atoms. The SMILES string of the molecule is CC(C)Cn1c(CCc2ccncc2)nnc1S(=O)(=O)Cl. The number of halogens is 1. The highest BCUT2D eigenvalue weighted by Crippen LogP contribution is 2.17. The van der Waals surface area contributed by atoms with Gasteiger partial charge >= 0.3 is 0 Å². The average Bonchev–Trinajstić information content (AvgIpc) is 2.79. The Morgan fingerprint density at radius 1 is 1.19 bits per heavy atom. The number of hydrogen-bond donors (Lipinski definition) is 0. The van der Waals surface area contributed by atoms with Crippen molar-refractivity contribution >= 4 is 19.7 Å². The van der Waals surface area contributed by atoms with Crippen LogP contribution in [-0.2, 0) is 28.4 Å². The van der Waals surface area contributed by atoms with Crippen molar-refractivity contribution in [3.05, 3.63) is 35.9 Å². The lowest BCUT2D eigenvalue weighted by atomic mass is 10.1. The number of nitrogens with zero attached hydrogens (tertiary/aromatic N) is 4. The summed E-state index contributed by atoms with van der Waals surface area (Å²) in [6.07, 6.45) is 4.78. The van der Waals surface area contributed by atoms with E-state index in [1.165, 1.54) is 0 Å². The van der Waals surface area contributed by atoms with Crippen LogP contribution in [0.4, 0.5) is 0 Å². The summed E-state index contributed by atoms with van der Waals surface area (Å²) < 4.78 is 24.7. The molecule has 0 aliphatic rings. The predicted octanol–water partition coefficient (Wildman–Crippen LogP) is 2.04. The number of aromatic nitrogens is 4. The Morgan fingerprint density at radius 3 is 2.43 bits per heavy atom. The molecule has 8 heteroatoms. The molecule has 0 radical (unpaired) electrons. The first kappa shape index (κ1) is 15.9. The van der Waals surface area contributed by atoms with Crippen LogP contribution in [0.25, 0.3) is 0 Å². The van der Waals surface area contributed by atoms with Gasteiger partial charge in [-0.3, -0.25) is 4.98 Å². The van der Waals surface area contributed by atoms with Crippen molar-refractivity contribution in [2.45, 2.75) is 38.4 Å². The van der Waals surface area contributed by atoms with E-state index in [4.69, 9.17) is 10.7 Å². The molecular weight excluding hydrogens is 312 g/mol. The van der Waals surface area contributed by atoms with Gasteiger partial charge in [0.1, 0.15) is 5.82 Å². The van der Waals surface area contributed by atoms with Crippen molar-refractivity contribution in [2.75, 3.05) is 0 Å². The molecule has 0 N–H and O–H groups in total. The Kier molecular flexibility index (Phi) is 4.95. The molecule has 114 valence electrons. The standard InChI is InChI=1S/C13H17ClN4O2S/c1-10(2)9-18-12(16-17-13(18)21(14,19)20)4-3-11-5-7-15-8-6-11/h5-8,10H,3-4,9H2,1-2H3. The monoisotopic (exact) mass is 328 g/mol. The summed E-state index contributed by atoms with van der Waals surface area (Å²) in [5.41, 5.74) is 1.11. The largest absolute Gasteiger partial charge is 0.301 e. The lowest BCUT2D eigenvalue weighted by Gasteiger charge is -2.11. The van der Waals surface area contributed by atoms with Crippen LogP contribution in [0.15, 0.2) is 29.7 Å². The van der Waals surface area contributed by atoms with Gasteiger partial charge in [0.2, 0.25) is 0 Å². The molecule has 0 saturated heterocycles. The molecular formula is C13H17ClN4O2S. The van der Waals surface area contributed by atoms with Gasteiger partial charge in [0, 0.05) is 36.0 Å². The summed E-state index contributed by atoms with van der Waals surface area (Å²) in [5, 5.41) is 7.54. The molecule has 0 atom stereocenters. The first-order valence-electron chi connectivity index (χ1n) is 6.63. The smallest absolute Gasteiger partial charge is 0.296 e. The molecule has 0 amide bonds. The van der Waals surface area contributed by atoms with Gasteiger partial charge in [0.25, 0.3) is 14.2 Å². The lowest BCUT2D eigenvalue weighted by Crippen LogP contribution is -2.14. The van der Waals surface area contributed by atoms with E-state index in [-0.39, 0.29) is 11.1 Å². The zero-order valence-electron chi connectivity index (χ0n) is 11.9. The van der Waals surface area contributed by atoms with E-state index < -0.39 is 9.05 Å². The molecule has 0 spiro atoms. The van der Waals surface area contributed by atoms with Crippen molar-refractivity contribution in [2.24, 2.45) is 5.92 Å². The molecule has 0 aliphatic heterocycles. The summed E-state index contributed by atoms with van der Waals surface area (Å²) >= 11 is 0. The lowest BCUT2D eigenvalue weighted by molar-refractivity contribution is 0.471. The van der Waals surface area contributed by atoms with Crippen LogP contribution < -0.4 is 0 Å². The zero-order valence-corrected chi connectivity index (χ0v) is 13.5. The normalized spacial score (nSPS) is 12.0. The zero-order chi connectivity index (χ0) is 15.5. The number of aryl methyl sites for hydroxylation is 2. The first-order chi connectivity index (χ1) is 9.88. The molecule has 0 aromatic carbocycles. The molecule has 0 saturated carbocycles. The van der Waals surface area contributed by atoms with Crippen LogP contribution in [0.2, 0.25) is 0 Å². The third kappa shape index (κ3) is 4.25. The summed E-state index contributed by atoms with van der Waals surface area (Å²) in [4.78, 5) is 3.96. The van der Waals surface area contributed by atoms with Gasteiger partial charge in [-0.2, -0.15) is 0 Å². The summed E-state index contributed by atoms with van der Waals surface area (Å²) in [6.45, 7) is 4.51. The number of hydrogen-bond acceptors (Lipinski definition) is 5. The van der Waals surface area contributed by atoms with Gasteiger partial charge in [-0.15, -0.1) is 10.2 Å². The Bertz CT molecular complexity index is 698. The maximum absolute atomic E-state index is 11.6. The first-order valence-corrected chi connectivity index (χ1v) is 8.94. The molecule has 0 aliphatic carbocycles. The maximum Gasteiger partial charge on any atom is 0.296 e. The van der Waals surface area contributed by atoms with Crippen LogP contribution in [0, 0.1) is 5.92 Å². The highest BCUT2D eigenvalue weighted by Gasteiger charge is 2.22. The second kappa shape index (κ2) is 6.53. The van der Waals surface area contributed by atoms with E-state index in [9.17, 15) is 8.42 Å².